The normalized spacial score (nSPS) is 65.0. The van der Waals surface area contributed by atoms with Crippen molar-refractivity contribution in [2.24, 2.45) is 17.3 Å². The molecule has 0 amide bonds. The highest BCUT2D eigenvalue weighted by Gasteiger charge is 2.87. The standard InChI is InChI=1S/C17H24O6/c1-8-11(21-9(2)18)13-12(22-13)10-5-17(19)16(6-14(8,10)3)15(4,23-16)7-20-17/h8,10-13,19H,5-7H2,1-4H3/t8-,10+,11+,12-,13-,14+,15+,16+,17+/m0/s1. The highest BCUT2D eigenvalue weighted by atomic mass is 16.8. The Balaban J connectivity index is 1.52. The Morgan fingerprint density at radius 2 is 2.04 bits per heavy atom. The van der Waals surface area contributed by atoms with E-state index in [1.54, 1.807) is 0 Å². The van der Waals surface area contributed by atoms with Gasteiger partial charge in [0.05, 0.1) is 12.7 Å². The Labute approximate surface area is 135 Å². The molecule has 0 aromatic carbocycles. The van der Waals surface area contributed by atoms with E-state index in [0.717, 1.165) is 0 Å². The highest BCUT2D eigenvalue weighted by molar-refractivity contribution is 5.66. The average molecular weight is 324 g/mol. The lowest BCUT2D eigenvalue weighted by atomic mass is 9.51. The zero-order chi connectivity index (χ0) is 16.4. The Bertz CT molecular complexity index is 608. The van der Waals surface area contributed by atoms with Crippen molar-refractivity contribution in [1.82, 2.24) is 0 Å². The van der Waals surface area contributed by atoms with Crippen molar-refractivity contribution in [3.63, 3.8) is 0 Å². The molecule has 1 spiro atoms. The molecule has 128 valence electrons. The number of ether oxygens (including phenoxy) is 4. The molecule has 2 saturated carbocycles. The second-order valence-corrected chi connectivity index (χ2v) is 8.65. The molecule has 0 radical (unpaired) electrons. The molecule has 3 heterocycles. The van der Waals surface area contributed by atoms with Crippen molar-refractivity contribution in [2.75, 3.05) is 6.61 Å². The van der Waals surface area contributed by atoms with E-state index in [1.165, 1.54) is 6.92 Å². The zero-order valence-electron chi connectivity index (χ0n) is 14.0. The van der Waals surface area contributed by atoms with E-state index >= 15 is 0 Å². The summed E-state index contributed by atoms with van der Waals surface area (Å²) in [5.74, 6) is -1.14. The third-order valence-corrected chi connectivity index (χ3v) is 7.52. The summed E-state index contributed by atoms with van der Waals surface area (Å²) in [5, 5.41) is 11.1. The van der Waals surface area contributed by atoms with Crippen LogP contribution in [0.5, 0.6) is 0 Å². The molecule has 0 aromatic rings. The maximum Gasteiger partial charge on any atom is 0.303 e. The van der Waals surface area contributed by atoms with Gasteiger partial charge < -0.3 is 24.1 Å². The molecule has 2 aliphatic carbocycles. The first kappa shape index (κ1) is 14.6. The number of carbonyl (C=O) groups excluding carboxylic acids is 1. The molecule has 6 heteroatoms. The molecule has 5 aliphatic rings. The van der Waals surface area contributed by atoms with Crippen molar-refractivity contribution in [2.45, 2.75) is 75.8 Å². The summed E-state index contributed by atoms with van der Waals surface area (Å²) in [4.78, 5) is 11.5. The number of esters is 1. The van der Waals surface area contributed by atoms with Crippen LogP contribution in [0.1, 0.15) is 40.5 Å². The fraction of sp³-hybridized carbons (Fsp3) is 0.941. The minimum Gasteiger partial charge on any atom is -0.459 e. The smallest absolute Gasteiger partial charge is 0.303 e. The SMILES string of the molecule is CC(=O)O[C@H]1[C@@H]2O[C@H]2[C@H]2C[C@@]3(O)OC[C@@]4(C)O[C@]43C[C@]2(C)[C@H]1C. The summed E-state index contributed by atoms with van der Waals surface area (Å²) in [6.45, 7) is 8.26. The Hall–Kier alpha value is -0.690. The van der Waals surface area contributed by atoms with Gasteiger partial charge >= 0.3 is 5.97 Å². The van der Waals surface area contributed by atoms with Gasteiger partial charge in [0, 0.05) is 19.3 Å². The molecule has 0 bridgehead atoms. The van der Waals surface area contributed by atoms with Gasteiger partial charge in [-0.2, -0.15) is 0 Å². The Morgan fingerprint density at radius 3 is 2.70 bits per heavy atom. The summed E-state index contributed by atoms with van der Waals surface area (Å²) in [6.07, 6.45) is 1.02. The molecule has 0 aromatic heterocycles. The molecule has 0 unspecified atom stereocenters. The third-order valence-electron chi connectivity index (χ3n) is 7.52. The highest BCUT2D eigenvalue weighted by Crippen LogP contribution is 2.73. The van der Waals surface area contributed by atoms with Crippen LogP contribution in [0.2, 0.25) is 0 Å². The average Bonchev–Trinajstić information content (AvgIpc) is 3.33. The van der Waals surface area contributed by atoms with Crippen molar-refractivity contribution < 1.29 is 28.8 Å². The molecule has 5 rings (SSSR count). The first-order valence-corrected chi connectivity index (χ1v) is 8.55. The molecule has 1 N–H and O–H groups in total. The van der Waals surface area contributed by atoms with Gasteiger partial charge in [-0.25, -0.2) is 0 Å². The minimum absolute atomic E-state index is 0.0381. The monoisotopic (exact) mass is 324 g/mol. The van der Waals surface area contributed by atoms with Crippen LogP contribution in [0.3, 0.4) is 0 Å². The van der Waals surface area contributed by atoms with Crippen molar-refractivity contribution >= 4 is 5.97 Å². The Morgan fingerprint density at radius 1 is 1.30 bits per heavy atom. The molecule has 9 atom stereocenters. The predicted octanol–water partition coefficient (Wildman–Crippen LogP) is 0.998. The summed E-state index contributed by atoms with van der Waals surface area (Å²) in [7, 11) is 0. The number of epoxide rings is 2. The van der Waals surface area contributed by atoms with Gasteiger partial charge in [0.1, 0.15) is 17.8 Å². The topological polar surface area (TPSA) is 80.8 Å². The van der Waals surface area contributed by atoms with Crippen LogP contribution in [0.4, 0.5) is 0 Å². The molecular weight excluding hydrogens is 300 g/mol. The van der Waals surface area contributed by atoms with Crippen LogP contribution >= 0.6 is 0 Å². The van der Waals surface area contributed by atoms with Gasteiger partial charge in [-0.15, -0.1) is 0 Å². The lowest BCUT2D eigenvalue weighted by Crippen LogP contribution is -2.63. The molecule has 6 nitrogen and oxygen atoms in total. The second-order valence-electron chi connectivity index (χ2n) is 8.65. The van der Waals surface area contributed by atoms with E-state index in [4.69, 9.17) is 18.9 Å². The van der Waals surface area contributed by atoms with Crippen LogP contribution in [-0.2, 0) is 23.7 Å². The summed E-state index contributed by atoms with van der Waals surface area (Å²) < 4.78 is 23.3. The number of aliphatic hydroxyl groups is 1. The second kappa shape index (κ2) is 3.77. The van der Waals surface area contributed by atoms with Crippen LogP contribution in [0.15, 0.2) is 0 Å². The third kappa shape index (κ3) is 1.48. The maximum atomic E-state index is 11.5. The van der Waals surface area contributed by atoms with Crippen molar-refractivity contribution in [3.8, 4) is 0 Å². The van der Waals surface area contributed by atoms with Gasteiger partial charge in [-0.05, 0) is 24.7 Å². The maximum absolute atomic E-state index is 11.5. The van der Waals surface area contributed by atoms with Crippen LogP contribution in [-0.4, -0.2) is 53.0 Å². The van der Waals surface area contributed by atoms with E-state index in [-0.39, 0.29) is 41.5 Å². The summed E-state index contributed by atoms with van der Waals surface area (Å²) >= 11 is 0. The van der Waals surface area contributed by atoms with Gasteiger partial charge in [-0.1, -0.05) is 13.8 Å². The van der Waals surface area contributed by atoms with Crippen LogP contribution < -0.4 is 0 Å². The minimum atomic E-state index is -1.21. The quantitative estimate of drug-likeness (QED) is 0.572. The zero-order valence-corrected chi connectivity index (χ0v) is 14.0. The van der Waals surface area contributed by atoms with E-state index in [1.807, 2.05) is 6.92 Å². The van der Waals surface area contributed by atoms with Gasteiger partial charge in [-0.3, -0.25) is 4.79 Å². The lowest BCUT2D eigenvalue weighted by Gasteiger charge is -2.54. The fourth-order valence-electron chi connectivity index (χ4n) is 5.89. The largest absolute Gasteiger partial charge is 0.459 e. The lowest BCUT2D eigenvalue weighted by molar-refractivity contribution is -0.280. The van der Waals surface area contributed by atoms with Gasteiger partial charge in [0.25, 0.3) is 0 Å². The van der Waals surface area contributed by atoms with Crippen LogP contribution in [0, 0.1) is 17.3 Å². The first-order valence-electron chi connectivity index (χ1n) is 8.55. The first-order chi connectivity index (χ1) is 10.7. The predicted molar refractivity (Wildman–Crippen MR) is 77.3 cm³/mol. The number of hydrogen-bond acceptors (Lipinski definition) is 6. The van der Waals surface area contributed by atoms with Crippen molar-refractivity contribution in [3.05, 3.63) is 0 Å². The fourth-order valence-corrected chi connectivity index (χ4v) is 5.89. The van der Waals surface area contributed by atoms with Crippen LogP contribution in [0.25, 0.3) is 0 Å². The van der Waals surface area contributed by atoms with Gasteiger partial charge in [0.2, 0.25) is 0 Å². The molecular formula is C17H24O6. The summed E-state index contributed by atoms with van der Waals surface area (Å²) in [6, 6.07) is 0. The van der Waals surface area contributed by atoms with E-state index < -0.39 is 17.0 Å². The van der Waals surface area contributed by atoms with E-state index in [0.29, 0.717) is 19.4 Å². The molecule has 5 fully saturated rings. The molecule has 3 saturated heterocycles. The number of rotatable bonds is 1. The number of carbonyl (C=O) groups is 1. The van der Waals surface area contributed by atoms with Crippen molar-refractivity contribution in [1.29, 1.82) is 0 Å². The Kier molecular flexibility index (Phi) is 2.40. The number of fused-ring (bicyclic) bond motifs is 3. The number of hydrogen-bond donors (Lipinski definition) is 1. The van der Waals surface area contributed by atoms with E-state index in [2.05, 4.69) is 13.8 Å². The van der Waals surface area contributed by atoms with Gasteiger partial charge in [0.15, 0.2) is 11.4 Å². The molecule has 3 aliphatic heterocycles. The summed E-state index contributed by atoms with van der Waals surface area (Å²) in [5.41, 5.74) is -1.13. The van der Waals surface area contributed by atoms with E-state index in [9.17, 15) is 9.90 Å². The molecule has 23 heavy (non-hydrogen) atoms.